The molecule has 0 bridgehead atoms. The number of fused-ring (bicyclic) bond motifs is 2. The average molecular weight is 1380 g/mol. The molecule has 0 unspecified atom stereocenters. The number of nitro groups is 1. The van der Waals surface area contributed by atoms with E-state index in [4.69, 9.17) is 5.73 Å². The summed E-state index contributed by atoms with van der Waals surface area (Å²) in [6.07, 6.45) is 0. The zero-order valence-corrected chi connectivity index (χ0v) is 48.2. The van der Waals surface area contributed by atoms with Crippen molar-refractivity contribution in [1.82, 2.24) is 9.78 Å². The lowest BCUT2D eigenvalue weighted by Gasteiger charge is -2.15. The lowest BCUT2D eigenvalue weighted by atomic mass is 10.0. The number of carboxylic acids is 3. The van der Waals surface area contributed by atoms with Crippen LogP contribution in [0.25, 0.3) is 27.2 Å². The van der Waals surface area contributed by atoms with E-state index in [1.54, 1.807) is 0 Å². The van der Waals surface area contributed by atoms with E-state index in [1.807, 2.05) is 0 Å². The van der Waals surface area contributed by atoms with Crippen LogP contribution in [0, 0.1) is 10.1 Å². The second-order valence-electron chi connectivity index (χ2n) is 17.7. The molecule has 0 amide bonds. The number of aromatic carboxylic acids is 3. The summed E-state index contributed by atoms with van der Waals surface area (Å²) in [6.45, 7) is 0. The number of azo groups is 4. The number of nitrogen functional groups attached to an aromatic ring is 1. The Labute approximate surface area is 503 Å². The number of anilines is 1. The number of hydrogen-bond donors (Lipinski definition) is 13. The van der Waals surface area contributed by atoms with Gasteiger partial charge in [0.15, 0.2) is 17.2 Å². The highest BCUT2D eigenvalue weighted by molar-refractivity contribution is 7.87. The normalized spacial score (nSPS) is 12.9. The van der Waals surface area contributed by atoms with Gasteiger partial charge < -0.3 is 36.4 Å². The third kappa shape index (κ3) is 13.3. The summed E-state index contributed by atoms with van der Waals surface area (Å²) in [7, 11) is -33.9. The maximum absolute atomic E-state index is 13.1. The van der Waals surface area contributed by atoms with E-state index < -0.39 is 231 Å². The Morgan fingerprint density at radius 2 is 0.923 bits per heavy atom. The molecule has 8 aromatic rings. The van der Waals surface area contributed by atoms with Crippen molar-refractivity contribution in [3.63, 3.8) is 0 Å². The first-order valence-electron chi connectivity index (χ1n) is 23.0. The molecule has 0 fully saturated rings. The van der Waals surface area contributed by atoms with Crippen molar-refractivity contribution in [2.75, 3.05) is 5.73 Å². The maximum atomic E-state index is 13.1. The molecule has 0 radical (unpaired) electrons. The Hall–Kier alpha value is -10.9. The van der Waals surface area contributed by atoms with Crippen molar-refractivity contribution in [3.8, 4) is 23.1 Å². The van der Waals surface area contributed by atoms with Crippen molar-refractivity contribution in [2.24, 2.45) is 40.9 Å². The molecule has 0 aliphatic rings. The Bertz CT molecular complexity index is 5450. The molecule has 41 nitrogen and oxygen atoms in total. The van der Waals surface area contributed by atoms with Gasteiger partial charge in [0.05, 0.1) is 38.5 Å². The average Bonchev–Trinajstić information content (AvgIpc) is 1.33. The molecule has 1 aromatic heterocycles. The highest BCUT2D eigenvalue weighted by atomic mass is 32.2. The maximum Gasteiger partial charge on any atom is 0.358 e. The Kier molecular flexibility index (Phi) is 16.9. The minimum absolute atomic E-state index is 0.223. The lowest BCUT2D eigenvalue weighted by molar-refractivity contribution is -0.385. The van der Waals surface area contributed by atoms with Gasteiger partial charge in [-0.05, 0) is 72.8 Å². The molecule has 0 spiro atoms. The molecule has 0 atom stereocenters. The van der Waals surface area contributed by atoms with Crippen LogP contribution in [-0.4, -0.2) is 141 Å². The summed E-state index contributed by atoms with van der Waals surface area (Å²) in [5.74, 6) is -9.52. The molecule has 8 rings (SSSR count). The lowest BCUT2D eigenvalue weighted by Crippen LogP contribution is -2.07. The fraction of sp³-hybridized carbons (Fsp3) is 0. The van der Waals surface area contributed by atoms with E-state index in [9.17, 15) is 133 Å². The van der Waals surface area contributed by atoms with Crippen LogP contribution in [0.2, 0.25) is 0 Å². The number of carbonyl (C=O) groups is 3. The van der Waals surface area contributed by atoms with E-state index in [2.05, 4.69) is 46.0 Å². The molecule has 0 saturated carbocycles. The molecular formula is C44H28N12O29S6. The molecule has 474 valence electrons. The van der Waals surface area contributed by atoms with Crippen molar-refractivity contribution in [3.05, 3.63) is 112 Å². The van der Waals surface area contributed by atoms with Crippen molar-refractivity contribution in [2.45, 2.75) is 29.4 Å². The fourth-order valence-electron chi connectivity index (χ4n) is 8.10. The van der Waals surface area contributed by atoms with Crippen molar-refractivity contribution < 1.29 is 128 Å². The molecule has 47 heteroatoms. The molecule has 0 aliphatic heterocycles. The summed E-state index contributed by atoms with van der Waals surface area (Å²) in [5.41, 5.74) is -7.30. The zero-order valence-electron chi connectivity index (χ0n) is 43.3. The van der Waals surface area contributed by atoms with Gasteiger partial charge in [0, 0.05) is 28.3 Å². The number of nitro benzene ring substituents is 1. The number of aromatic hydroxyl groups is 3. The van der Waals surface area contributed by atoms with E-state index in [0.717, 1.165) is 18.2 Å². The molecule has 91 heavy (non-hydrogen) atoms. The number of phenolic OH excluding ortho intramolecular Hbond substituents is 2. The quantitative estimate of drug-likeness (QED) is 0.0127. The van der Waals surface area contributed by atoms with Crippen LogP contribution in [0.5, 0.6) is 17.4 Å². The molecule has 1 heterocycles. The van der Waals surface area contributed by atoms with Crippen molar-refractivity contribution >= 4 is 157 Å². The second kappa shape index (κ2) is 23.3. The number of phenols is 2. The largest absolute Gasteiger partial charge is 0.505 e. The highest BCUT2D eigenvalue weighted by Crippen LogP contribution is 2.50. The summed E-state index contributed by atoms with van der Waals surface area (Å²) in [5, 5.41) is 102. The van der Waals surface area contributed by atoms with Crippen LogP contribution in [0.3, 0.4) is 0 Å². The number of nitrogens with zero attached hydrogens (tertiary/aromatic N) is 11. The molecule has 7 aromatic carbocycles. The van der Waals surface area contributed by atoms with Crippen LogP contribution >= 0.6 is 0 Å². The predicted octanol–water partition coefficient (Wildman–Crippen LogP) is 7.02. The van der Waals surface area contributed by atoms with Gasteiger partial charge in [-0.15, -0.1) is 35.8 Å². The number of carboxylic acid groups (broad SMARTS) is 3. The van der Waals surface area contributed by atoms with Gasteiger partial charge in [-0.25, -0.2) is 14.4 Å². The van der Waals surface area contributed by atoms with Crippen LogP contribution in [0.15, 0.2) is 155 Å². The highest BCUT2D eigenvalue weighted by Gasteiger charge is 2.32. The Morgan fingerprint density at radius 1 is 0.462 bits per heavy atom. The summed E-state index contributed by atoms with van der Waals surface area (Å²) in [4.78, 5) is 37.0. The first-order chi connectivity index (χ1) is 41.9. The number of non-ortho nitro benzene ring substituents is 1. The van der Waals surface area contributed by atoms with Gasteiger partial charge in [0.2, 0.25) is 11.6 Å². The Morgan fingerprint density at radius 3 is 1.43 bits per heavy atom. The van der Waals surface area contributed by atoms with Crippen LogP contribution in [0.4, 0.5) is 56.9 Å². The SMILES string of the molecule is Nc1c(N=Nc2ccc3c(O)c(N=Nc4ccc(N=Nc5c(C(=O)O)nn(-c6cc(C(=O)O)cc(C(=O)O)c6)c5O)c(S(=O)(=O)O)c4)c(S(=O)(=O)O)cc3c2S(=O)(=O)O)cc(S(=O)(=O)O)c2cc(S(=O)(=O)O)c(/N=N\c3ccc([N+](=O)[O-])cc3S(=O)(=O)O)c(O)c12. The van der Waals surface area contributed by atoms with Gasteiger partial charge in [0.25, 0.3) is 66.4 Å². The minimum Gasteiger partial charge on any atom is -0.505 e. The molecule has 0 saturated heterocycles. The summed E-state index contributed by atoms with van der Waals surface area (Å²) < 4.78 is 214. The van der Waals surface area contributed by atoms with Gasteiger partial charge in [-0.1, -0.05) is 0 Å². The number of aromatic nitrogens is 2. The number of hydrogen-bond acceptors (Lipinski definition) is 30. The first kappa shape index (κ1) is 66.1. The third-order valence-corrected chi connectivity index (χ3v) is 17.3. The molecule has 14 N–H and O–H groups in total. The van der Waals surface area contributed by atoms with Crippen LogP contribution in [-0.2, 0) is 60.7 Å². The standard InChI is InChI=1S/C44H28N12O29S6/c45-33-26(14-27(86(68,69)70)22-13-31(90(80,81)82)35(39(58)32(22)33)52-47-24-5-2-18(56(66)67)11-29(24)88(74,75)76)50-49-25-6-3-20-21(40(25)91(83,84)85)12-30(89(77,78)79)34(38(20)57)51-46-17-1-4-23(28(10-17)87(71,72)73)48-53-36-37(44(64)65)54-55(41(36)59)19-8-15(42(60)61)7-16(9-19)43(62)63/h1-14,57-59H,45H2,(H,60,61)(H,62,63)(H,64,65)(H,68,69,70)(H,71,72,73)(H,74,75,76)(H,77,78,79)(H,80,81,82)(H,83,84,85)/b50-49?,51-46?,52-47-,53-48?. The van der Waals surface area contributed by atoms with Crippen LogP contribution < -0.4 is 5.73 Å². The second-order valence-corrected chi connectivity index (χ2v) is 26.0. The van der Waals surface area contributed by atoms with Gasteiger partial charge in [-0.3, -0.25) is 37.4 Å². The minimum atomic E-state index is -5.82. The van der Waals surface area contributed by atoms with E-state index in [-0.39, 0.29) is 18.2 Å². The van der Waals surface area contributed by atoms with Gasteiger partial charge >= 0.3 is 17.9 Å². The smallest absolute Gasteiger partial charge is 0.358 e. The zero-order chi connectivity index (χ0) is 67.7. The fourth-order valence-corrected chi connectivity index (χ4v) is 12.2. The molecule has 0 aliphatic carbocycles. The number of benzene rings is 7. The molecular weight excluding hydrogens is 1350 g/mol. The van der Waals surface area contributed by atoms with Crippen LogP contribution in [0.1, 0.15) is 31.2 Å². The van der Waals surface area contributed by atoms with Gasteiger partial charge in [-0.2, -0.15) is 65.4 Å². The topological polar surface area (TPSA) is 685 Å². The monoisotopic (exact) mass is 1380 g/mol. The van der Waals surface area contributed by atoms with E-state index in [1.165, 1.54) is 0 Å². The van der Waals surface area contributed by atoms with Gasteiger partial charge in [0.1, 0.15) is 63.5 Å². The van der Waals surface area contributed by atoms with E-state index >= 15 is 0 Å². The third-order valence-electron chi connectivity index (χ3n) is 12.0. The number of rotatable bonds is 19. The summed E-state index contributed by atoms with van der Waals surface area (Å²) >= 11 is 0. The number of nitrogens with two attached hydrogens (primary N) is 1. The van der Waals surface area contributed by atoms with Crippen molar-refractivity contribution in [1.29, 1.82) is 0 Å². The summed E-state index contributed by atoms with van der Waals surface area (Å²) in [6, 6.07) is 7.71. The Balaban J connectivity index is 1.23. The predicted molar refractivity (Wildman–Crippen MR) is 297 cm³/mol. The first-order valence-corrected chi connectivity index (χ1v) is 31.6. The van der Waals surface area contributed by atoms with E-state index in [0.29, 0.717) is 53.2 Å².